The van der Waals surface area contributed by atoms with Gasteiger partial charge >= 0.3 is 0 Å². The first kappa shape index (κ1) is 15.7. The molecule has 2 rings (SSSR count). The van der Waals surface area contributed by atoms with Crippen LogP contribution in [0, 0.1) is 6.92 Å². The molecule has 0 aliphatic heterocycles. The van der Waals surface area contributed by atoms with Gasteiger partial charge in [0.15, 0.2) is 17.3 Å². The first-order valence-electron chi connectivity index (χ1n) is 6.20. The number of methoxy groups -OCH3 is 2. The lowest BCUT2D eigenvalue weighted by molar-refractivity contribution is 0.103. The van der Waals surface area contributed by atoms with Gasteiger partial charge in [-0.25, -0.2) is 0 Å². The van der Waals surface area contributed by atoms with Crippen LogP contribution in [-0.2, 0) is 0 Å². The normalized spacial score (nSPS) is 10.3. The molecule has 0 atom stereocenters. The van der Waals surface area contributed by atoms with Crippen molar-refractivity contribution in [1.29, 1.82) is 0 Å². The first-order chi connectivity index (χ1) is 9.97. The Labute approximate surface area is 133 Å². The molecule has 0 saturated heterocycles. The Kier molecular flexibility index (Phi) is 4.76. The Balaban J connectivity index is 2.50. The summed E-state index contributed by atoms with van der Waals surface area (Å²) in [7, 11) is 3.02. The van der Waals surface area contributed by atoms with E-state index in [1.54, 1.807) is 30.3 Å². The number of ether oxygens (including phenoxy) is 2. The topological polar surface area (TPSA) is 35.5 Å². The van der Waals surface area contributed by atoms with Crippen molar-refractivity contribution in [2.45, 2.75) is 6.92 Å². The summed E-state index contributed by atoms with van der Waals surface area (Å²) in [6.45, 7) is 1.84. The standard InChI is InChI=1S/C16H14Cl2O3/c1-9-6-10(4-5-12(9)17)16(19)11-7-14(20-2)15(21-3)8-13(11)18/h4-8H,1-3H3. The van der Waals surface area contributed by atoms with E-state index in [9.17, 15) is 4.79 Å². The van der Waals surface area contributed by atoms with Gasteiger partial charge in [0.25, 0.3) is 0 Å². The zero-order valence-corrected chi connectivity index (χ0v) is 13.4. The molecule has 21 heavy (non-hydrogen) atoms. The average molecular weight is 325 g/mol. The Morgan fingerprint density at radius 3 is 2.14 bits per heavy atom. The highest BCUT2D eigenvalue weighted by Crippen LogP contribution is 2.34. The summed E-state index contributed by atoms with van der Waals surface area (Å²) < 4.78 is 10.4. The molecule has 2 aromatic carbocycles. The van der Waals surface area contributed by atoms with Crippen molar-refractivity contribution in [3.63, 3.8) is 0 Å². The van der Waals surface area contributed by atoms with Gasteiger partial charge in [-0.1, -0.05) is 23.2 Å². The summed E-state index contributed by atoms with van der Waals surface area (Å²) in [6, 6.07) is 8.24. The summed E-state index contributed by atoms with van der Waals surface area (Å²) in [5.41, 5.74) is 1.71. The Morgan fingerprint density at radius 2 is 1.57 bits per heavy atom. The molecule has 0 aliphatic rings. The highest BCUT2D eigenvalue weighted by Gasteiger charge is 2.17. The molecule has 0 heterocycles. The molecule has 0 radical (unpaired) electrons. The first-order valence-corrected chi connectivity index (χ1v) is 6.96. The molecule has 2 aromatic rings. The van der Waals surface area contributed by atoms with Gasteiger partial charge in [0.2, 0.25) is 0 Å². The average Bonchev–Trinajstić information content (AvgIpc) is 2.49. The molecular weight excluding hydrogens is 311 g/mol. The van der Waals surface area contributed by atoms with E-state index < -0.39 is 0 Å². The molecule has 0 N–H and O–H groups in total. The monoisotopic (exact) mass is 324 g/mol. The zero-order valence-electron chi connectivity index (χ0n) is 11.9. The minimum Gasteiger partial charge on any atom is -0.493 e. The number of carbonyl (C=O) groups excluding carboxylic acids is 1. The van der Waals surface area contributed by atoms with Crippen LogP contribution in [0.5, 0.6) is 11.5 Å². The van der Waals surface area contributed by atoms with Gasteiger partial charge in [-0.2, -0.15) is 0 Å². The number of carbonyl (C=O) groups is 1. The lowest BCUT2D eigenvalue weighted by Crippen LogP contribution is -2.04. The molecule has 0 aromatic heterocycles. The van der Waals surface area contributed by atoms with Crippen molar-refractivity contribution in [3.8, 4) is 11.5 Å². The third-order valence-electron chi connectivity index (χ3n) is 3.14. The molecule has 0 aliphatic carbocycles. The van der Waals surface area contributed by atoms with Crippen LogP contribution < -0.4 is 9.47 Å². The van der Waals surface area contributed by atoms with Gasteiger partial charge in [-0.05, 0) is 36.8 Å². The van der Waals surface area contributed by atoms with Crippen LogP contribution in [-0.4, -0.2) is 20.0 Å². The Morgan fingerprint density at radius 1 is 0.952 bits per heavy atom. The molecule has 0 spiro atoms. The van der Waals surface area contributed by atoms with E-state index in [1.807, 2.05) is 6.92 Å². The Hall–Kier alpha value is -1.71. The third-order valence-corrected chi connectivity index (χ3v) is 3.87. The number of ketones is 1. The second kappa shape index (κ2) is 6.37. The van der Waals surface area contributed by atoms with Crippen molar-refractivity contribution >= 4 is 29.0 Å². The highest BCUT2D eigenvalue weighted by atomic mass is 35.5. The van der Waals surface area contributed by atoms with E-state index in [2.05, 4.69) is 0 Å². The van der Waals surface area contributed by atoms with E-state index in [1.165, 1.54) is 14.2 Å². The summed E-state index contributed by atoms with van der Waals surface area (Å²) in [5, 5.41) is 0.926. The second-order valence-electron chi connectivity index (χ2n) is 4.48. The highest BCUT2D eigenvalue weighted by molar-refractivity contribution is 6.35. The molecular formula is C16H14Cl2O3. The summed E-state index contributed by atoms with van der Waals surface area (Å²) in [4.78, 5) is 12.6. The van der Waals surface area contributed by atoms with Crippen molar-refractivity contribution in [2.24, 2.45) is 0 Å². The fraction of sp³-hybridized carbons (Fsp3) is 0.188. The molecule has 110 valence electrons. The molecule has 0 bridgehead atoms. The van der Waals surface area contributed by atoms with Crippen LogP contribution in [0.3, 0.4) is 0 Å². The summed E-state index contributed by atoms with van der Waals surface area (Å²) >= 11 is 12.1. The number of hydrogen-bond donors (Lipinski definition) is 0. The SMILES string of the molecule is COc1cc(Cl)c(C(=O)c2ccc(Cl)c(C)c2)cc1OC. The maximum atomic E-state index is 12.6. The van der Waals surface area contributed by atoms with E-state index >= 15 is 0 Å². The van der Waals surface area contributed by atoms with Gasteiger partial charge in [0, 0.05) is 22.2 Å². The minimum atomic E-state index is -0.194. The van der Waals surface area contributed by atoms with Crippen LogP contribution in [0.15, 0.2) is 30.3 Å². The van der Waals surface area contributed by atoms with Crippen molar-refractivity contribution < 1.29 is 14.3 Å². The third kappa shape index (κ3) is 3.14. The van der Waals surface area contributed by atoms with Crippen molar-refractivity contribution in [2.75, 3.05) is 14.2 Å². The zero-order chi connectivity index (χ0) is 15.6. The minimum absolute atomic E-state index is 0.194. The van der Waals surface area contributed by atoms with Crippen molar-refractivity contribution in [1.82, 2.24) is 0 Å². The predicted molar refractivity (Wildman–Crippen MR) is 84.2 cm³/mol. The fourth-order valence-corrected chi connectivity index (χ4v) is 2.33. The van der Waals surface area contributed by atoms with Crippen LogP contribution in [0.25, 0.3) is 0 Å². The number of benzene rings is 2. The van der Waals surface area contributed by atoms with E-state index in [0.29, 0.717) is 32.7 Å². The maximum Gasteiger partial charge on any atom is 0.194 e. The predicted octanol–water partition coefficient (Wildman–Crippen LogP) is 4.55. The van der Waals surface area contributed by atoms with Gasteiger partial charge in [0.1, 0.15) is 0 Å². The quantitative estimate of drug-likeness (QED) is 0.774. The number of aryl methyl sites for hydroxylation is 1. The van der Waals surface area contributed by atoms with E-state index in [4.69, 9.17) is 32.7 Å². The van der Waals surface area contributed by atoms with E-state index in [-0.39, 0.29) is 5.78 Å². The van der Waals surface area contributed by atoms with Gasteiger partial charge in [0.05, 0.1) is 19.2 Å². The van der Waals surface area contributed by atoms with Gasteiger partial charge in [-0.15, -0.1) is 0 Å². The Bertz CT molecular complexity index is 696. The molecule has 0 unspecified atom stereocenters. The summed E-state index contributed by atoms with van der Waals surface area (Å²) in [5.74, 6) is 0.739. The fourth-order valence-electron chi connectivity index (χ4n) is 1.97. The number of rotatable bonds is 4. The lowest BCUT2D eigenvalue weighted by Gasteiger charge is -2.11. The van der Waals surface area contributed by atoms with E-state index in [0.717, 1.165) is 5.56 Å². The van der Waals surface area contributed by atoms with Crippen molar-refractivity contribution in [3.05, 3.63) is 57.1 Å². The largest absolute Gasteiger partial charge is 0.493 e. The van der Waals surface area contributed by atoms with Gasteiger partial charge < -0.3 is 9.47 Å². The smallest absolute Gasteiger partial charge is 0.194 e. The maximum absolute atomic E-state index is 12.6. The lowest BCUT2D eigenvalue weighted by atomic mass is 10.0. The summed E-state index contributed by atoms with van der Waals surface area (Å²) in [6.07, 6.45) is 0. The van der Waals surface area contributed by atoms with Crippen LogP contribution in [0.4, 0.5) is 0 Å². The molecule has 0 fully saturated rings. The second-order valence-corrected chi connectivity index (χ2v) is 5.29. The molecule has 0 amide bonds. The van der Waals surface area contributed by atoms with Crippen LogP contribution in [0.2, 0.25) is 10.0 Å². The molecule has 0 saturated carbocycles. The van der Waals surface area contributed by atoms with Gasteiger partial charge in [-0.3, -0.25) is 4.79 Å². The molecule has 5 heteroatoms. The van der Waals surface area contributed by atoms with Crippen LogP contribution >= 0.6 is 23.2 Å². The number of halogens is 2. The van der Waals surface area contributed by atoms with Crippen LogP contribution in [0.1, 0.15) is 21.5 Å². The molecule has 3 nitrogen and oxygen atoms in total. The number of hydrogen-bond acceptors (Lipinski definition) is 3.